The first-order valence-electron chi connectivity index (χ1n) is 6.40. The topological polar surface area (TPSA) is 86.0 Å². The van der Waals surface area contributed by atoms with Gasteiger partial charge in [-0.1, -0.05) is 12.1 Å². The van der Waals surface area contributed by atoms with E-state index >= 15 is 0 Å². The lowest BCUT2D eigenvalue weighted by Gasteiger charge is -2.09. The summed E-state index contributed by atoms with van der Waals surface area (Å²) in [6, 6.07) is 11.5. The summed E-state index contributed by atoms with van der Waals surface area (Å²) in [6.07, 6.45) is 1.56. The molecule has 22 heavy (non-hydrogen) atoms. The van der Waals surface area contributed by atoms with E-state index in [4.69, 9.17) is 9.47 Å². The van der Waals surface area contributed by atoms with E-state index in [-0.39, 0.29) is 5.69 Å². The van der Waals surface area contributed by atoms with E-state index in [0.717, 1.165) is 5.56 Å². The van der Waals surface area contributed by atoms with Crippen molar-refractivity contribution in [2.75, 3.05) is 19.6 Å². The molecule has 0 fully saturated rings. The molecule has 2 rings (SSSR count). The molecule has 0 heterocycles. The van der Waals surface area contributed by atoms with Crippen LogP contribution in [0.5, 0.6) is 11.5 Å². The SMILES string of the molecule is COc1cccc(/C=N\Nc2cccc([N+](=O)[O-])c2)c1OC. The van der Waals surface area contributed by atoms with Crippen molar-refractivity contribution in [3.63, 3.8) is 0 Å². The molecule has 0 saturated carbocycles. The molecule has 0 saturated heterocycles. The van der Waals surface area contributed by atoms with Crippen molar-refractivity contribution < 1.29 is 14.4 Å². The van der Waals surface area contributed by atoms with Gasteiger partial charge in [-0.2, -0.15) is 5.10 Å². The monoisotopic (exact) mass is 301 g/mol. The number of ether oxygens (including phenoxy) is 2. The summed E-state index contributed by atoms with van der Waals surface area (Å²) in [6.45, 7) is 0. The number of hydrogen-bond donors (Lipinski definition) is 1. The van der Waals surface area contributed by atoms with E-state index < -0.39 is 4.92 Å². The number of methoxy groups -OCH3 is 2. The molecule has 0 aliphatic carbocycles. The highest BCUT2D eigenvalue weighted by Crippen LogP contribution is 2.29. The highest BCUT2D eigenvalue weighted by Gasteiger charge is 2.07. The number of hydrogen-bond acceptors (Lipinski definition) is 6. The van der Waals surface area contributed by atoms with Crippen LogP contribution >= 0.6 is 0 Å². The third-order valence-electron chi connectivity index (χ3n) is 2.89. The van der Waals surface area contributed by atoms with Crippen LogP contribution in [-0.2, 0) is 0 Å². The molecule has 7 nitrogen and oxygen atoms in total. The van der Waals surface area contributed by atoms with E-state index in [2.05, 4.69) is 10.5 Å². The molecule has 0 spiro atoms. The molecule has 0 aromatic heterocycles. The predicted molar refractivity (Wildman–Crippen MR) is 83.9 cm³/mol. The van der Waals surface area contributed by atoms with Crippen molar-refractivity contribution in [1.82, 2.24) is 0 Å². The van der Waals surface area contributed by atoms with Crippen LogP contribution in [0, 0.1) is 10.1 Å². The zero-order valence-electron chi connectivity index (χ0n) is 12.1. The number of nitrogens with zero attached hydrogens (tertiary/aromatic N) is 2. The maximum Gasteiger partial charge on any atom is 0.271 e. The number of nitrogens with one attached hydrogen (secondary N) is 1. The van der Waals surface area contributed by atoms with Crippen LogP contribution in [0.15, 0.2) is 47.6 Å². The molecule has 1 N–H and O–H groups in total. The fourth-order valence-electron chi connectivity index (χ4n) is 1.88. The highest BCUT2D eigenvalue weighted by molar-refractivity contribution is 5.85. The Morgan fingerprint density at radius 1 is 1.18 bits per heavy atom. The van der Waals surface area contributed by atoms with Crippen molar-refractivity contribution in [3.8, 4) is 11.5 Å². The summed E-state index contributed by atoms with van der Waals surface area (Å²) < 4.78 is 10.5. The fraction of sp³-hybridized carbons (Fsp3) is 0.133. The van der Waals surface area contributed by atoms with Gasteiger partial charge in [-0.3, -0.25) is 15.5 Å². The van der Waals surface area contributed by atoms with Gasteiger partial charge >= 0.3 is 0 Å². The first-order chi connectivity index (χ1) is 10.7. The van der Waals surface area contributed by atoms with Crippen molar-refractivity contribution in [3.05, 3.63) is 58.1 Å². The molecular formula is C15H15N3O4. The average Bonchev–Trinajstić information content (AvgIpc) is 2.54. The van der Waals surface area contributed by atoms with Crippen LogP contribution in [0.2, 0.25) is 0 Å². The summed E-state index contributed by atoms with van der Waals surface area (Å²) in [7, 11) is 3.10. The quantitative estimate of drug-likeness (QED) is 0.503. The number of non-ortho nitro benzene ring substituents is 1. The Labute approximate surface area is 127 Å². The van der Waals surface area contributed by atoms with Gasteiger partial charge in [0.05, 0.1) is 31.0 Å². The molecule has 0 atom stereocenters. The normalized spacial score (nSPS) is 10.5. The van der Waals surface area contributed by atoms with E-state index in [9.17, 15) is 10.1 Å². The summed E-state index contributed by atoms with van der Waals surface area (Å²) in [4.78, 5) is 10.3. The molecule has 0 aliphatic rings. The molecule has 7 heteroatoms. The van der Waals surface area contributed by atoms with Gasteiger partial charge < -0.3 is 9.47 Å². The first kappa shape index (κ1) is 15.3. The lowest BCUT2D eigenvalue weighted by molar-refractivity contribution is -0.384. The second kappa shape index (κ2) is 7.07. The van der Waals surface area contributed by atoms with Gasteiger partial charge in [0.15, 0.2) is 11.5 Å². The zero-order chi connectivity index (χ0) is 15.9. The number of benzene rings is 2. The third kappa shape index (κ3) is 3.51. The number of nitro benzene ring substituents is 1. The molecule has 0 radical (unpaired) electrons. The lowest BCUT2D eigenvalue weighted by Crippen LogP contribution is -1.97. The summed E-state index contributed by atoms with van der Waals surface area (Å²) in [5.41, 5.74) is 3.99. The van der Waals surface area contributed by atoms with E-state index in [1.807, 2.05) is 12.1 Å². The van der Waals surface area contributed by atoms with Gasteiger partial charge in [0.25, 0.3) is 5.69 Å². The van der Waals surface area contributed by atoms with Gasteiger partial charge in [0.2, 0.25) is 0 Å². The van der Waals surface area contributed by atoms with Crippen LogP contribution < -0.4 is 14.9 Å². The van der Waals surface area contributed by atoms with Crippen LogP contribution in [0.1, 0.15) is 5.56 Å². The molecule has 0 unspecified atom stereocenters. The maximum absolute atomic E-state index is 10.7. The number of hydrazone groups is 1. The molecule has 2 aromatic rings. The number of rotatable bonds is 6. The number of nitro groups is 1. The van der Waals surface area contributed by atoms with Crippen LogP contribution in [0.3, 0.4) is 0 Å². The Kier molecular flexibility index (Phi) is 4.92. The Bertz CT molecular complexity index is 701. The van der Waals surface area contributed by atoms with E-state index in [1.165, 1.54) is 12.1 Å². The Morgan fingerprint density at radius 2 is 1.95 bits per heavy atom. The van der Waals surface area contributed by atoms with Crippen LogP contribution in [-0.4, -0.2) is 25.4 Å². The summed E-state index contributed by atoms with van der Waals surface area (Å²) >= 11 is 0. The molecule has 0 bridgehead atoms. The second-order valence-corrected chi connectivity index (χ2v) is 4.26. The minimum Gasteiger partial charge on any atom is -0.493 e. The van der Waals surface area contributed by atoms with E-state index in [1.54, 1.807) is 38.6 Å². The van der Waals surface area contributed by atoms with Crippen LogP contribution in [0.4, 0.5) is 11.4 Å². The van der Waals surface area contributed by atoms with E-state index in [0.29, 0.717) is 17.2 Å². The van der Waals surface area contributed by atoms with Crippen molar-refractivity contribution >= 4 is 17.6 Å². The standard InChI is InChI=1S/C15H15N3O4/c1-21-14-8-3-5-11(15(14)22-2)10-16-17-12-6-4-7-13(9-12)18(19)20/h3-10,17H,1-2H3/b16-10-. The Hall–Kier alpha value is -3.09. The smallest absolute Gasteiger partial charge is 0.271 e. The zero-order valence-corrected chi connectivity index (χ0v) is 12.1. The highest BCUT2D eigenvalue weighted by atomic mass is 16.6. The summed E-state index contributed by atoms with van der Waals surface area (Å²) in [5, 5.41) is 14.8. The van der Waals surface area contributed by atoms with Crippen molar-refractivity contribution in [2.24, 2.45) is 5.10 Å². The Balaban J connectivity index is 2.16. The predicted octanol–water partition coefficient (Wildman–Crippen LogP) is 3.06. The van der Waals surface area contributed by atoms with Gasteiger partial charge in [-0.05, 0) is 18.2 Å². The molecule has 0 amide bonds. The molecule has 0 aliphatic heterocycles. The number of anilines is 1. The Morgan fingerprint density at radius 3 is 2.64 bits per heavy atom. The minimum atomic E-state index is -0.458. The second-order valence-electron chi connectivity index (χ2n) is 4.26. The van der Waals surface area contributed by atoms with Gasteiger partial charge in [0, 0.05) is 17.7 Å². The third-order valence-corrected chi connectivity index (χ3v) is 2.89. The minimum absolute atomic E-state index is 0.000777. The number of para-hydroxylation sites is 1. The molecular weight excluding hydrogens is 286 g/mol. The average molecular weight is 301 g/mol. The molecule has 2 aromatic carbocycles. The lowest BCUT2D eigenvalue weighted by atomic mass is 10.2. The van der Waals surface area contributed by atoms with Gasteiger partial charge in [0.1, 0.15) is 0 Å². The largest absolute Gasteiger partial charge is 0.493 e. The van der Waals surface area contributed by atoms with Crippen LogP contribution in [0.25, 0.3) is 0 Å². The van der Waals surface area contributed by atoms with Crippen molar-refractivity contribution in [2.45, 2.75) is 0 Å². The van der Waals surface area contributed by atoms with Crippen molar-refractivity contribution in [1.29, 1.82) is 0 Å². The van der Waals surface area contributed by atoms with Gasteiger partial charge in [-0.25, -0.2) is 0 Å². The first-order valence-corrected chi connectivity index (χ1v) is 6.40. The summed E-state index contributed by atoms with van der Waals surface area (Å²) in [5.74, 6) is 1.16. The maximum atomic E-state index is 10.7. The van der Waals surface area contributed by atoms with Gasteiger partial charge in [-0.15, -0.1) is 0 Å². The molecule has 114 valence electrons. The fourth-order valence-corrected chi connectivity index (χ4v) is 1.88.